The van der Waals surface area contributed by atoms with Crippen LogP contribution in [0.2, 0.25) is 0 Å². The SMILES string of the molecule is CCCCCN1C(=O)C(C)(C)NCC1C. The Bertz CT molecular complexity index is 226. The van der Waals surface area contributed by atoms with Gasteiger partial charge in [-0.05, 0) is 27.2 Å². The lowest BCUT2D eigenvalue weighted by Gasteiger charge is -2.42. The lowest BCUT2D eigenvalue weighted by molar-refractivity contribution is -0.142. The monoisotopic (exact) mass is 212 g/mol. The molecular formula is C12H24N2O. The summed E-state index contributed by atoms with van der Waals surface area (Å²) in [6.07, 6.45) is 3.55. The number of carbonyl (C=O) groups is 1. The van der Waals surface area contributed by atoms with Gasteiger partial charge in [0.05, 0.1) is 5.54 Å². The smallest absolute Gasteiger partial charge is 0.242 e. The standard InChI is InChI=1S/C12H24N2O/c1-5-6-7-8-14-10(2)9-13-12(3,4)11(14)15/h10,13H,5-9H2,1-4H3. The van der Waals surface area contributed by atoms with Gasteiger partial charge < -0.3 is 10.2 Å². The molecule has 0 aliphatic carbocycles. The number of nitrogens with zero attached hydrogens (tertiary/aromatic N) is 1. The first-order valence-electron chi connectivity index (χ1n) is 6.05. The van der Waals surface area contributed by atoms with Gasteiger partial charge in [-0.2, -0.15) is 0 Å². The summed E-state index contributed by atoms with van der Waals surface area (Å²) in [5.41, 5.74) is -0.376. The lowest BCUT2D eigenvalue weighted by Crippen LogP contribution is -2.64. The molecular weight excluding hydrogens is 188 g/mol. The van der Waals surface area contributed by atoms with E-state index in [-0.39, 0.29) is 11.4 Å². The van der Waals surface area contributed by atoms with E-state index in [2.05, 4.69) is 19.2 Å². The largest absolute Gasteiger partial charge is 0.337 e. The van der Waals surface area contributed by atoms with E-state index in [9.17, 15) is 4.79 Å². The zero-order valence-electron chi connectivity index (χ0n) is 10.5. The molecule has 1 saturated heterocycles. The molecule has 1 rings (SSSR count). The average Bonchev–Trinajstić information content (AvgIpc) is 2.18. The maximum absolute atomic E-state index is 12.1. The lowest BCUT2D eigenvalue weighted by atomic mass is 9.97. The molecule has 0 aromatic heterocycles. The van der Waals surface area contributed by atoms with E-state index in [1.807, 2.05) is 18.7 Å². The van der Waals surface area contributed by atoms with Crippen molar-refractivity contribution in [1.82, 2.24) is 10.2 Å². The van der Waals surface area contributed by atoms with E-state index >= 15 is 0 Å². The topological polar surface area (TPSA) is 32.3 Å². The normalized spacial score (nSPS) is 25.7. The van der Waals surface area contributed by atoms with Crippen molar-refractivity contribution in [3.8, 4) is 0 Å². The predicted molar refractivity (Wildman–Crippen MR) is 62.8 cm³/mol. The second kappa shape index (κ2) is 4.97. The molecule has 0 saturated carbocycles. The Morgan fingerprint density at radius 2 is 2.13 bits per heavy atom. The van der Waals surface area contributed by atoms with E-state index in [0.717, 1.165) is 19.5 Å². The quantitative estimate of drug-likeness (QED) is 0.720. The van der Waals surface area contributed by atoms with Gasteiger partial charge in [0.15, 0.2) is 0 Å². The van der Waals surface area contributed by atoms with Crippen LogP contribution in [0.15, 0.2) is 0 Å². The van der Waals surface area contributed by atoms with Gasteiger partial charge in [-0.1, -0.05) is 19.8 Å². The van der Waals surface area contributed by atoms with Crippen LogP contribution < -0.4 is 5.32 Å². The van der Waals surface area contributed by atoms with Crippen molar-refractivity contribution < 1.29 is 4.79 Å². The minimum Gasteiger partial charge on any atom is -0.337 e. The summed E-state index contributed by atoms with van der Waals surface area (Å²) in [5.74, 6) is 0.248. The zero-order chi connectivity index (χ0) is 11.5. The molecule has 15 heavy (non-hydrogen) atoms. The first-order valence-corrected chi connectivity index (χ1v) is 6.05. The number of piperazine rings is 1. The number of amides is 1. The van der Waals surface area contributed by atoms with E-state index in [4.69, 9.17) is 0 Å². The Hall–Kier alpha value is -0.570. The average molecular weight is 212 g/mol. The van der Waals surface area contributed by atoms with Crippen LogP contribution in [-0.2, 0) is 4.79 Å². The molecule has 1 fully saturated rings. The van der Waals surface area contributed by atoms with Gasteiger partial charge >= 0.3 is 0 Å². The van der Waals surface area contributed by atoms with Crippen LogP contribution in [0, 0.1) is 0 Å². The highest BCUT2D eigenvalue weighted by atomic mass is 16.2. The summed E-state index contributed by atoms with van der Waals surface area (Å²) in [6.45, 7) is 10.1. The van der Waals surface area contributed by atoms with Crippen LogP contribution in [0.1, 0.15) is 47.0 Å². The summed E-state index contributed by atoms with van der Waals surface area (Å²) in [5, 5.41) is 3.29. The number of hydrogen-bond donors (Lipinski definition) is 1. The maximum Gasteiger partial charge on any atom is 0.242 e. The summed E-state index contributed by atoms with van der Waals surface area (Å²) in [6, 6.07) is 0.336. The van der Waals surface area contributed by atoms with Crippen molar-refractivity contribution in [2.24, 2.45) is 0 Å². The number of nitrogens with one attached hydrogen (secondary N) is 1. The summed E-state index contributed by atoms with van der Waals surface area (Å²) in [4.78, 5) is 14.1. The minimum atomic E-state index is -0.376. The molecule has 1 atom stereocenters. The van der Waals surface area contributed by atoms with E-state index in [1.165, 1.54) is 12.8 Å². The fourth-order valence-corrected chi connectivity index (χ4v) is 2.00. The molecule has 3 nitrogen and oxygen atoms in total. The fourth-order valence-electron chi connectivity index (χ4n) is 2.00. The number of unbranched alkanes of at least 4 members (excludes halogenated alkanes) is 2. The van der Waals surface area contributed by atoms with E-state index < -0.39 is 0 Å². The van der Waals surface area contributed by atoms with Gasteiger partial charge in [-0.15, -0.1) is 0 Å². The fraction of sp³-hybridized carbons (Fsp3) is 0.917. The highest BCUT2D eigenvalue weighted by molar-refractivity contribution is 5.86. The Labute approximate surface area is 93.2 Å². The third kappa shape index (κ3) is 2.94. The molecule has 3 heteroatoms. The van der Waals surface area contributed by atoms with Crippen molar-refractivity contribution in [2.75, 3.05) is 13.1 Å². The van der Waals surface area contributed by atoms with Gasteiger partial charge in [0.1, 0.15) is 0 Å². The van der Waals surface area contributed by atoms with Crippen molar-refractivity contribution in [2.45, 2.75) is 58.5 Å². The highest BCUT2D eigenvalue weighted by Gasteiger charge is 2.38. The molecule has 88 valence electrons. The van der Waals surface area contributed by atoms with Crippen molar-refractivity contribution >= 4 is 5.91 Å². The van der Waals surface area contributed by atoms with E-state index in [0.29, 0.717) is 6.04 Å². The third-order valence-corrected chi connectivity index (χ3v) is 3.17. The molecule has 1 amide bonds. The number of carbonyl (C=O) groups excluding carboxylic acids is 1. The molecule has 1 aliphatic rings. The Kier molecular flexibility index (Phi) is 4.14. The Morgan fingerprint density at radius 1 is 1.47 bits per heavy atom. The van der Waals surface area contributed by atoms with Crippen molar-refractivity contribution in [3.63, 3.8) is 0 Å². The van der Waals surface area contributed by atoms with Crippen LogP contribution in [0.25, 0.3) is 0 Å². The Balaban J connectivity index is 2.55. The van der Waals surface area contributed by atoms with Gasteiger partial charge in [0, 0.05) is 19.1 Å². The molecule has 0 bridgehead atoms. The van der Waals surface area contributed by atoms with Crippen LogP contribution in [0.4, 0.5) is 0 Å². The molecule has 1 N–H and O–H groups in total. The number of rotatable bonds is 4. The minimum absolute atomic E-state index is 0.248. The summed E-state index contributed by atoms with van der Waals surface area (Å²) < 4.78 is 0. The second-order valence-electron chi connectivity index (χ2n) is 5.06. The highest BCUT2D eigenvalue weighted by Crippen LogP contribution is 2.17. The molecule has 0 radical (unpaired) electrons. The second-order valence-corrected chi connectivity index (χ2v) is 5.06. The third-order valence-electron chi connectivity index (χ3n) is 3.17. The van der Waals surface area contributed by atoms with Gasteiger partial charge in [0.25, 0.3) is 0 Å². The van der Waals surface area contributed by atoms with Crippen LogP contribution in [0.3, 0.4) is 0 Å². The first-order chi connectivity index (χ1) is 6.99. The predicted octanol–water partition coefficient (Wildman–Crippen LogP) is 1.78. The van der Waals surface area contributed by atoms with Crippen LogP contribution in [0.5, 0.6) is 0 Å². The molecule has 0 aromatic carbocycles. The molecule has 0 spiro atoms. The first kappa shape index (κ1) is 12.5. The molecule has 0 aromatic rings. The van der Waals surface area contributed by atoms with Gasteiger partial charge in [-0.25, -0.2) is 0 Å². The number of hydrogen-bond acceptors (Lipinski definition) is 2. The molecule has 1 aliphatic heterocycles. The van der Waals surface area contributed by atoms with Crippen LogP contribution >= 0.6 is 0 Å². The van der Waals surface area contributed by atoms with Crippen molar-refractivity contribution in [1.29, 1.82) is 0 Å². The van der Waals surface area contributed by atoms with Gasteiger partial charge in [-0.3, -0.25) is 4.79 Å². The maximum atomic E-state index is 12.1. The van der Waals surface area contributed by atoms with E-state index in [1.54, 1.807) is 0 Å². The van der Waals surface area contributed by atoms with Crippen LogP contribution in [-0.4, -0.2) is 35.5 Å². The Morgan fingerprint density at radius 3 is 2.73 bits per heavy atom. The zero-order valence-corrected chi connectivity index (χ0v) is 10.5. The summed E-state index contributed by atoms with van der Waals surface area (Å²) in [7, 11) is 0. The molecule has 1 unspecified atom stereocenters. The van der Waals surface area contributed by atoms with Gasteiger partial charge in [0.2, 0.25) is 5.91 Å². The van der Waals surface area contributed by atoms with Crippen molar-refractivity contribution in [3.05, 3.63) is 0 Å². The summed E-state index contributed by atoms with van der Waals surface area (Å²) >= 11 is 0. The molecule has 1 heterocycles.